The summed E-state index contributed by atoms with van der Waals surface area (Å²) >= 11 is 6.23. The van der Waals surface area contributed by atoms with Crippen LogP contribution in [0.3, 0.4) is 0 Å². The van der Waals surface area contributed by atoms with E-state index in [9.17, 15) is 4.21 Å². The average molecular weight is 344 g/mol. The molecule has 2 aromatic rings. The van der Waals surface area contributed by atoms with Gasteiger partial charge in [0.15, 0.2) is 5.82 Å². The molecule has 0 aliphatic heterocycles. The van der Waals surface area contributed by atoms with Crippen LogP contribution >= 0.6 is 11.6 Å². The molecule has 0 bridgehead atoms. The summed E-state index contributed by atoms with van der Waals surface area (Å²) in [6, 6.07) is 3.82. The number of fused-ring (bicyclic) bond motifs is 1. The predicted octanol–water partition coefficient (Wildman–Crippen LogP) is 4.83. The van der Waals surface area contributed by atoms with E-state index < -0.39 is 11.0 Å². The van der Waals surface area contributed by atoms with Crippen LogP contribution in [-0.2, 0) is 18.0 Å². The van der Waals surface area contributed by atoms with Gasteiger partial charge in [-0.3, -0.25) is 9.40 Å². The highest BCUT2D eigenvalue weighted by Crippen LogP contribution is 2.34. The summed E-state index contributed by atoms with van der Waals surface area (Å²) in [4.78, 5) is 0. The van der Waals surface area contributed by atoms with Gasteiger partial charge in [-0.15, -0.1) is 0 Å². The third-order valence-corrected chi connectivity index (χ3v) is 4.95. The van der Waals surface area contributed by atoms with Gasteiger partial charge in [-0.05, 0) is 31.4 Å². The van der Waals surface area contributed by atoms with Crippen molar-refractivity contribution >= 4 is 39.3 Å². The van der Waals surface area contributed by atoms with Gasteiger partial charge in [-0.1, -0.05) is 45.4 Å². The molecule has 1 aliphatic rings. The first-order chi connectivity index (χ1) is 10.6. The van der Waals surface area contributed by atoms with Gasteiger partial charge in [0.2, 0.25) is 0 Å². The molecule has 1 aromatic heterocycles. The maximum Gasteiger partial charge on any atom is 0.169 e. The molecular weight excluding hydrogens is 318 g/mol. The molecule has 1 atom stereocenters. The number of aromatic nitrogens is 2. The Labute approximate surface area is 140 Å². The fourth-order valence-electron chi connectivity index (χ4n) is 2.10. The Bertz CT molecular complexity index is 650. The average Bonchev–Trinajstić information content (AvgIpc) is 3.33. The highest BCUT2D eigenvalue weighted by Gasteiger charge is 2.29. The van der Waals surface area contributed by atoms with Crippen molar-refractivity contribution in [1.82, 2.24) is 9.78 Å². The number of rotatable bonds is 3. The molecule has 1 aliphatic carbocycles. The predicted molar refractivity (Wildman–Crippen MR) is 97.9 cm³/mol. The fraction of sp³-hybridized carbons (Fsp3) is 0.562. The maximum absolute atomic E-state index is 11.9. The fourth-order valence-corrected chi connectivity index (χ4v) is 3.40. The quantitative estimate of drug-likeness (QED) is 0.867. The number of anilines is 1. The van der Waals surface area contributed by atoms with Crippen molar-refractivity contribution in [3.8, 4) is 0 Å². The molecule has 1 saturated carbocycles. The second-order valence-corrected chi connectivity index (χ2v) is 6.53. The van der Waals surface area contributed by atoms with Gasteiger partial charge in [-0.2, -0.15) is 5.10 Å². The van der Waals surface area contributed by atoms with Crippen molar-refractivity contribution in [3.63, 3.8) is 0 Å². The van der Waals surface area contributed by atoms with Crippen molar-refractivity contribution in [2.24, 2.45) is 7.05 Å². The molecule has 22 heavy (non-hydrogen) atoms. The Kier molecular flexibility index (Phi) is 7.36. The summed E-state index contributed by atoms with van der Waals surface area (Å²) in [5, 5.41) is 6.15. The number of benzene rings is 1. The molecule has 3 rings (SSSR count). The molecule has 1 N–H and O–H groups in total. The second kappa shape index (κ2) is 8.53. The number of nitrogens with one attached hydrogen (secondary N) is 1. The van der Waals surface area contributed by atoms with Crippen molar-refractivity contribution < 1.29 is 4.21 Å². The Morgan fingerprint density at radius 1 is 1.27 bits per heavy atom. The smallest absolute Gasteiger partial charge is 0.169 e. The molecule has 1 heterocycles. The van der Waals surface area contributed by atoms with E-state index in [1.807, 2.05) is 53.8 Å². The molecule has 1 fully saturated rings. The van der Waals surface area contributed by atoms with E-state index in [0.717, 1.165) is 29.3 Å². The van der Waals surface area contributed by atoms with Crippen LogP contribution in [0.2, 0.25) is 5.02 Å². The Hall–Kier alpha value is -1.07. The third-order valence-electron chi connectivity index (χ3n) is 3.16. The molecule has 0 saturated heterocycles. The minimum absolute atomic E-state index is 0.269. The lowest BCUT2D eigenvalue weighted by atomic mass is 10.1. The number of hydrogen-bond donors (Lipinski definition) is 1. The normalized spacial score (nSPS) is 14.5. The Morgan fingerprint density at radius 2 is 1.86 bits per heavy atom. The van der Waals surface area contributed by atoms with Crippen LogP contribution in [0, 0.1) is 6.92 Å². The lowest BCUT2D eigenvalue weighted by Crippen LogP contribution is -2.09. The molecule has 6 heteroatoms. The first-order valence-electron chi connectivity index (χ1n) is 7.87. The van der Waals surface area contributed by atoms with Gasteiger partial charge in [0, 0.05) is 7.05 Å². The van der Waals surface area contributed by atoms with E-state index in [0.29, 0.717) is 10.8 Å². The maximum atomic E-state index is 11.9. The van der Waals surface area contributed by atoms with Gasteiger partial charge in [-0.25, -0.2) is 4.21 Å². The van der Waals surface area contributed by atoms with Crippen LogP contribution in [0.15, 0.2) is 12.1 Å². The van der Waals surface area contributed by atoms with Crippen molar-refractivity contribution in [2.45, 2.75) is 52.7 Å². The first-order valence-corrected chi connectivity index (χ1v) is 9.46. The van der Waals surface area contributed by atoms with Gasteiger partial charge >= 0.3 is 0 Å². The molecule has 1 aromatic carbocycles. The molecule has 1 unspecified atom stereocenters. The van der Waals surface area contributed by atoms with Crippen molar-refractivity contribution in [3.05, 3.63) is 22.7 Å². The zero-order valence-corrected chi connectivity index (χ0v) is 15.8. The van der Waals surface area contributed by atoms with Gasteiger partial charge in [0.1, 0.15) is 11.0 Å². The van der Waals surface area contributed by atoms with E-state index in [2.05, 4.69) is 9.82 Å². The third kappa shape index (κ3) is 4.02. The molecule has 0 amide bonds. The molecule has 124 valence electrons. The van der Waals surface area contributed by atoms with E-state index in [-0.39, 0.29) is 5.25 Å². The van der Waals surface area contributed by atoms with Crippen LogP contribution in [-0.4, -0.2) is 19.2 Å². The van der Waals surface area contributed by atoms with E-state index >= 15 is 0 Å². The Balaban J connectivity index is 0.000000561. The topological polar surface area (TPSA) is 46.9 Å². The summed E-state index contributed by atoms with van der Waals surface area (Å²) in [5.74, 6) is 0.617. The van der Waals surface area contributed by atoms with E-state index in [1.165, 1.54) is 0 Å². The van der Waals surface area contributed by atoms with Crippen LogP contribution in [0.1, 0.15) is 46.1 Å². The van der Waals surface area contributed by atoms with Crippen molar-refractivity contribution in [2.75, 3.05) is 4.72 Å². The summed E-state index contributed by atoms with van der Waals surface area (Å²) in [6.07, 6.45) is 2.05. The summed E-state index contributed by atoms with van der Waals surface area (Å²) in [5.41, 5.74) is 2.09. The van der Waals surface area contributed by atoms with Crippen LogP contribution in [0.5, 0.6) is 0 Å². The van der Waals surface area contributed by atoms with Gasteiger partial charge in [0.05, 0.1) is 21.2 Å². The molecule has 4 nitrogen and oxygen atoms in total. The number of aryl methyl sites for hydroxylation is 2. The minimum atomic E-state index is -1.05. The lowest BCUT2D eigenvalue weighted by Gasteiger charge is -2.03. The van der Waals surface area contributed by atoms with Crippen molar-refractivity contribution in [1.29, 1.82) is 0 Å². The number of nitrogens with zero attached hydrogens (tertiary/aromatic N) is 2. The largest absolute Gasteiger partial charge is 0.287 e. The highest BCUT2D eigenvalue weighted by molar-refractivity contribution is 7.87. The Morgan fingerprint density at radius 3 is 2.41 bits per heavy atom. The summed E-state index contributed by atoms with van der Waals surface area (Å²) < 4.78 is 16.7. The monoisotopic (exact) mass is 343 g/mol. The van der Waals surface area contributed by atoms with Gasteiger partial charge < -0.3 is 0 Å². The highest BCUT2D eigenvalue weighted by atomic mass is 35.5. The second-order valence-electron chi connectivity index (χ2n) is 4.66. The zero-order chi connectivity index (χ0) is 16.9. The summed E-state index contributed by atoms with van der Waals surface area (Å²) in [6.45, 7) is 10.0. The summed E-state index contributed by atoms with van der Waals surface area (Å²) in [7, 11) is 0.818. The first kappa shape index (κ1) is 19.0. The van der Waals surface area contributed by atoms with Crippen LogP contribution in [0.25, 0.3) is 10.9 Å². The van der Waals surface area contributed by atoms with E-state index in [1.54, 1.807) is 4.68 Å². The SMILES string of the molecule is CC.CC.Cc1ccc(Cl)c2c(NS(=O)C3CC3)nn(C)c12. The molecular formula is C16H26ClN3OS. The van der Waals surface area contributed by atoms with E-state index in [4.69, 9.17) is 11.6 Å². The number of hydrogen-bond acceptors (Lipinski definition) is 2. The lowest BCUT2D eigenvalue weighted by molar-refractivity contribution is 0.685. The molecule has 0 spiro atoms. The number of halogens is 1. The van der Waals surface area contributed by atoms with Crippen LogP contribution < -0.4 is 4.72 Å². The molecule has 0 radical (unpaired) electrons. The van der Waals surface area contributed by atoms with Crippen LogP contribution in [0.4, 0.5) is 5.82 Å². The standard InChI is InChI=1S/C12H14ClN3OS.2C2H6/c1-7-3-6-9(13)10-11(7)16(2)14-12(10)15-18(17)8-4-5-8;2*1-2/h3,6,8H,4-5H2,1-2H3,(H,14,15);2*1-2H3. The zero-order valence-electron chi connectivity index (χ0n) is 14.2. The minimum Gasteiger partial charge on any atom is -0.287 e. The van der Waals surface area contributed by atoms with Gasteiger partial charge in [0.25, 0.3) is 0 Å².